The van der Waals surface area contributed by atoms with Gasteiger partial charge in [-0.15, -0.1) is 0 Å². The molecule has 0 radical (unpaired) electrons. The van der Waals surface area contributed by atoms with E-state index in [1.54, 1.807) is 0 Å². The van der Waals surface area contributed by atoms with E-state index in [1.807, 2.05) is 0 Å². The molecule has 0 amide bonds. The van der Waals surface area contributed by atoms with Crippen molar-refractivity contribution in [1.82, 2.24) is 9.80 Å². The van der Waals surface area contributed by atoms with Crippen molar-refractivity contribution in [3.05, 3.63) is 12.2 Å². The molecule has 0 atom stereocenters. The maximum Gasteiger partial charge on any atom is 0.331 e. The number of rotatable bonds is 8. The van der Waals surface area contributed by atoms with Gasteiger partial charge in [-0.3, -0.25) is 9.80 Å². The quantitative estimate of drug-likeness (QED) is 0.495. The van der Waals surface area contributed by atoms with Gasteiger partial charge in [-0.25, -0.2) is 9.59 Å². The Morgan fingerprint density at radius 3 is 1.42 bits per heavy atom. The Morgan fingerprint density at radius 2 is 1.04 bits per heavy atom. The van der Waals surface area contributed by atoms with Gasteiger partial charge in [-0.2, -0.15) is 0 Å². The van der Waals surface area contributed by atoms with E-state index >= 15 is 0 Å². The molecule has 0 aromatic rings. The number of hydrogen-bond donors (Lipinski definition) is 0. The summed E-state index contributed by atoms with van der Waals surface area (Å²) in [6.07, 6.45) is 9.76. The maximum atomic E-state index is 11.6. The lowest BCUT2D eigenvalue weighted by atomic mass is 10.1. The summed E-state index contributed by atoms with van der Waals surface area (Å²) < 4.78 is 10.2. The van der Waals surface area contributed by atoms with Crippen LogP contribution in [0.5, 0.6) is 0 Å². The van der Waals surface area contributed by atoms with E-state index in [0.29, 0.717) is 13.2 Å². The molecule has 2 aliphatic heterocycles. The van der Waals surface area contributed by atoms with Crippen molar-refractivity contribution in [2.75, 3.05) is 52.5 Å². The van der Waals surface area contributed by atoms with Crippen molar-refractivity contribution < 1.29 is 19.1 Å². The number of ether oxygens (including phenoxy) is 2. The van der Waals surface area contributed by atoms with Gasteiger partial charge in [-0.05, 0) is 51.9 Å². The van der Waals surface area contributed by atoms with Crippen molar-refractivity contribution in [3.8, 4) is 0 Å². The van der Waals surface area contributed by atoms with Crippen LogP contribution < -0.4 is 0 Å². The zero-order valence-corrected chi connectivity index (χ0v) is 14.6. The van der Waals surface area contributed by atoms with Gasteiger partial charge in [-0.1, -0.05) is 12.8 Å². The fourth-order valence-corrected chi connectivity index (χ4v) is 3.15. The second-order valence-corrected chi connectivity index (χ2v) is 6.47. The van der Waals surface area contributed by atoms with Crippen molar-refractivity contribution in [2.45, 2.75) is 38.5 Å². The highest BCUT2D eigenvalue weighted by atomic mass is 16.5. The maximum absolute atomic E-state index is 11.6. The highest BCUT2D eigenvalue weighted by molar-refractivity contribution is 5.91. The first kappa shape index (κ1) is 18.9. The SMILES string of the molecule is O=C(/C=C/C(=O)OCCN1CCCCC1)OCCN1CCCCC1. The van der Waals surface area contributed by atoms with Crippen molar-refractivity contribution in [1.29, 1.82) is 0 Å². The first-order valence-electron chi connectivity index (χ1n) is 9.20. The zero-order valence-electron chi connectivity index (χ0n) is 14.6. The third-order valence-electron chi connectivity index (χ3n) is 4.56. The molecule has 6 nitrogen and oxygen atoms in total. The lowest BCUT2D eigenvalue weighted by molar-refractivity contribution is -0.141. The minimum atomic E-state index is -0.486. The summed E-state index contributed by atoms with van der Waals surface area (Å²) in [5, 5.41) is 0. The standard InChI is InChI=1S/C18H30N2O4/c21-17(23-15-13-19-9-3-1-4-10-19)7-8-18(22)24-16-14-20-11-5-2-6-12-20/h7-8H,1-6,9-16H2/b8-7+. The molecule has 0 spiro atoms. The topological polar surface area (TPSA) is 59.1 Å². The van der Waals surface area contributed by atoms with Crippen LogP contribution in [0.4, 0.5) is 0 Å². The van der Waals surface area contributed by atoms with Crippen LogP contribution in [0.25, 0.3) is 0 Å². The molecule has 0 N–H and O–H groups in total. The first-order chi connectivity index (χ1) is 11.7. The molecular weight excluding hydrogens is 308 g/mol. The molecule has 2 aliphatic rings. The van der Waals surface area contributed by atoms with Crippen LogP contribution in [0.2, 0.25) is 0 Å². The fraction of sp³-hybridized carbons (Fsp3) is 0.778. The number of likely N-dealkylation sites (tertiary alicyclic amines) is 2. The van der Waals surface area contributed by atoms with Gasteiger partial charge in [0.25, 0.3) is 0 Å². The van der Waals surface area contributed by atoms with Gasteiger partial charge in [0, 0.05) is 25.2 Å². The number of piperidine rings is 2. The Hall–Kier alpha value is -1.40. The fourth-order valence-electron chi connectivity index (χ4n) is 3.15. The Morgan fingerprint density at radius 1 is 0.667 bits per heavy atom. The van der Waals surface area contributed by atoms with Crippen molar-refractivity contribution >= 4 is 11.9 Å². The van der Waals surface area contributed by atoms with Crippen molar-refractivity contribution in [2.24, 2.45) is 0 Å². The predicted molar refractivity (Wildman–Crippen MR) is 91.6 cm³/mol. The van der Waals surface area contributed by atoms with Crippen LogP contribution in [0.3, 0.4) is 0 Å². The molecule has 0 saturated carbocycles. The average molecular weight is 338 g/mol. The largest absolute Gasteiger partial charge is 0.461 e. The smallest absolute Gasteiger partial charge is 0.331 e. The molecule has 2 fully saturated rings. The molecule has 0 unspecified atom stereocenters. The van der Waals surface area contributed by atoms with Gasteiger partial charge < -0.3 is 9.47 Å². The zero-order chi connectivity index (χ0) is 17.0. The van der Waals surface area contributed by atoms with E-state index in [-0.39, 0.29) is 0 Å². The lowest BCUT2D eigenvalue weighted by Crippen LogP contribution is -2.33. The van der Waals surface area contributed by atoms with Crippen LogP contribution >= 0.6 is 0 Å². The number of hydrogen-bond acceptors (Lipinski definition) is 6. The summed E-state index contributed by atoms with van der Waals surface area (Å²) >= 11 is 0. The molecule has 0 aromatic heterocycles. The number of nitrogens with zero attached hydrogens (tertiary/aromatic N) is 2. The molecule has 136 valence electrons. The van der Waals surface area contributed by atoms with Crippen LogP contribution in [0.15, 0.2) is 12.2 Å². The second kappa shape index (κ2) is 11.2. The van der Waals surface area contributed by atoms with Crippen LogP contribution in [0.1, 0.15) is 38.5 Å². The van der Waals surface area contributed by atoms with E-state index in [1.165, 1.54) is 38.5 Å². The number of esters is 2. The molecule has 24 heavy (non-hydrogen) atoms. The Kier molecular flexibility index (Phi) is 8.84. The Balaban J connectivity index is 1.50. The van der Waals surface area contributed by atoms with Gasteiger partial charge in [0.15, 0.2) is 0 Å². The molecule has 0 bridgehead atoms. The molecule has 2 rings (SSSR count). The minimum absolute atomic E-state index is 0.368. The van der Waals surface area contributed by atoms with E-state index in [2.05, 4.69) is 9.80 Å². The molecule has 2 heterocycles. The average Bonchev–Trinajstić information content (AvgIpc) is 2.62. The third kappa shape index (κ3) is 7.93. The summed E-state index contributed by atoms with van der Waals surface area (Å²) in [4.78, 5) is 27.7. The van der Waals surface area contributed by atoms with Gasteiger partial charge in [0.1, 0.15) is 13.2 Å². The lowest BCUT2D eigenvalue weighted by Gasteiger charge is -2.25. The third-order valence-corrected chi connectivity index (χ3v) is 4.56. The molecular formula is C18H30N2O4. The normalized spacial score (nSPS) is 20.2. The summed E-state index contributed by atoms with van der Waals surface area (Å²) in [6, 6.07) is 0. The summed E-state index contributed by atoms with van der Waals surface area (Å²) in [5.74, 6) is -0.972. The van der Waals surface area contributed by atoms with Gasteiger partial charge in [0.05, 0.1) is 0 Å². The Labute approximate surface area is 144 Å². The van der Waals surface area contributed by atoms with Crippen LogP contribution in [-0.2, 0) is 19.1 Å². The van der Waals surface area contributed by atoms with E-state index in [9.17, 15) is 9.59 Å². The van der Waals surface area contributed by atoms with E-state index in [4.69, 9.17) is 9.47 Å². The van der Waals surface area contributed by atoms with Crippen LogP contribution in [0, 0.1) is 0 Å². The van der Waals surface area contributed by atoms with Crippen LogP contribution in [-0.4, -0.2) is 74.2 Å². The monoisotopic (exact) mass is 338 g/mol. The van der Waals surface area contributed by atoms with E-state index < -0.39 is 11.9 Å². The van der Waals surface area contributed by atoms with Gasteiger partial charge >= 0.3 is 11.9 Å². The van der Waals surface area contributed by atoms with Gasteiger partial charge in [0.2, 0.25) is 0 Å². The highest BCUT2D eigenvalue weighted by Crippen LogP contribution is 2.08. The number of carbonyl (C=O) groups excluding carboxylic acids is 2. The second-order valence-electron chi connectivity index (χ2n) is 6.47. The molecule has 6 heteroatoms. The summed E-state index contributed by atoms with van der Waals surface area (Å²) in [6.45, 7) is 6.58. The summed E-state index contributed by atoms with van der Waals surface area (Å²) in [5.41, 5.74) is 0. The molecule has 0 aliphatic carbocycles. The number of carbonyl (C=O) groups is 2. The predicted octanol–water partition coefficient (Wildman–Crippen LogP) is 1.60. The molecule has 2 saturated heterocycles. The Bertz CT molecular complexity index is 375. The van der Waals surface area contributed by atoms with E-state index in [0.717, 1.165) is 51.4 Å². The summed E-state index contributed by atoms with van der Waals surface area (Å²) in [7, 11) is 0. The highest BCUT2D eigenvalue weighted by Gasteiger charge is 2.11. The first-order valence-corrected chi connectivity index (χ1v) is 9.20. The molecule has 0 aromatic carbocycles. The van der Waals surface area contributed by atoms with Crippen molar-refractivity contribution in [3.63, 3.8) is 0 Å². The minimum Gasteiger partial charge on any atom is -0.461 e.